The minimum Gasteiger partial charge on any atom is -0.508 e. The molecule has 2 aliphatic heterocycles. The number of carbonyl (C=O) groups excluding carboxylic acids is 2. The van der Waals surface area contributed by atoms with E-state index in [0.717, 1.165) is 72.7 Å². The van der Waals surface area contributed by atoms with Gasteiger partial charge >= 0.3 is 6.03 Å². The number of aryl methyl sites for hydroxylation is 2. The highest BCUT2D eigenvalue weighted by Gasteiger charge is 2.25. The number of benzene rings is 1. The number of hydrogen-bond donors (Lipinski definition) is 2. The predicted molar refractivity (Wildman–Crippen MR) is 147 cm³/mol. The fourth-order valence-electron chi connectivity index (χ4n) is 5.30. The van der Waals surface area contributed by atoms with E-state index >= 15 is 0 Å². The molecule has 7 nitrogen and oxygen atoms in total. The Morgan fingerprint density at radius 1 is 0.972 bits per heavy atom. The Bertz CT molecular complexity index is 1100. The number of primary amides is 1. The number of phenolic OH excluding ortho intramolecular Hbond substituents is 1. The van der Waals surface area contributed by atoms with Crippen molar-refractivity contribution in [2.75, 3.05) is 26.2 Å². The van der Waals surface area contributed by atoms with Crippen molar-refractivity contribution in [2.45, 2.75) is 57.8 Å². The van der Waals surface area contributed by atoms with E-state index in [-0.39, 0.29) is 6.03 Å². The summed E-state index contributed by atoms with van der Waals surface area (Å²) in [5, 5.41) is 9.67. The lowest BCUT2D eigenvalue weighted by atomic mass is 9.93. The summed E-state index contributed by atoms with van der Waals surface area (Å²) in [6.45, 7) is 3.26. The number of pyridine rings is 1. The van der Waals surface area contributed by atoms with E-state index in [1.807, 2.05) is 17.2 Å². The maximum Gasteiger partial charge on any atom is 0.314 e. The monoisotopic (exact) mass is 620 g/mol. The van der Waals surface area contributed by atoms with Gasteiger partial charge in [0.25, 0.3) is 0 Å². The SMILES string of the molecule is NC(=O)N1CCC(CC(=O)N2CCCCC2)CC1.Oc1cc(Br)c2c(c1)CCc1cc(Br)cnc1C2. The van der Waals surface area contributed by atoms with Crippen molar-refractivity contribution in [2.24, 2.45) is 11.7 Å². The third kappa shape index (κ3) is 7.00. The number of aromatic hydroxyl groups is 1. The molecular formula is C27H34Br2N4O3. The highest BCUT2D eigenvalue weighted by atomic mass is 79.9. The third-order valence-electron chi connectivity index (χ3n) is 7.41. The maximum atomic E-state index is 12.1. The summed E-state index contributed by atoms with van der Waals surface area (Å²) in [6.07, 6.45) is 10.6. The van der Waals surface area contributed by atoms with Crippen LogP contribution in [0.5, 0.6) is 5.75 Å². The summed E-state index contributed by atoms with van der Waals surface area (Å²) in [5.74, 6) is 1.04. The molecule has 2 saturated heterocycles. The average molecular weight is 622 g/mol. The summed E-state index contributed by atoms with van der Waals surface area (Å²) in [6, 6.07) is 5.42. The van der Waals surface area contributed by atoms with E-state index < -0.39 is 0 Å². The normalized spacial score (nSPS) is 17.8. The Balaban J connectivity index is 0.000000169. The van der Waals surface area contributed by atoms with E-state index in [9.17, 15) is 14.7 Å². The lowest BCUT2D eigenvalue weighted by Crippen LogP contribution is -2.43. The van der Waals surface area contributed by atoms with Gasteiger partial charge in [0.15, 0.2) is 0 Å². The van der Waals surface area contributed by atoms with Crippen LogP contribution in [-0.4, -0.2) is 58.0 Å². The Morgan fingerprint density at radius 2 is 1.67 bits per heavy atom. The molecule has 194 valence electrons. The van der Waals surface area contributed by atoms with Crippen molar-refractivity contribution in [1.29, 1.82) is 0 Å². The largest absolute Gasteiger partial charge is 0.508 e. The van der Waals surface area contributed by atoms with Crippen LogP contribution < -0.4 is 5.73 Å². The second-order valence-corrected chi connectivity index (χ2v) is 11.7. The average Bonchev–Trinajstić information content (AvgIpc) is 3.05. The zero-order valence-electron chi connectivity index (χ0n) is 20.5. The van der Waals surface area contributed by atoms with Gasteiger partial charge in [0.05, 0.1) is 0 Å². The minimum atomic E-state index is -0.337. The molecule has 3 amide bonds. The molecule has 36 heavy (non-hydrogen) atoms. The van der Waals surface area contributed by atoms with Gasteiger partial charge in [-0.3, -0.25) is 9.78 Å². The van der Waals surface area contributed by atoms with E-state index in [1.165, 1.54) is 23.1 Å². The molecule has 0 atom stereocenters. The van der Waals surface area contributed by atoms with Crippen LogP contribution in [0.4, 0.5) is 4.79 Å². The highest BCUT2D eigenvalue weighted by molar-refractivity contribution is 9.10. The Labute approximate surface area is 229 Å². The predicted octanol–water partition coefficient (Wildman–Crippen LogP) is 5.18. The highest BCUT2D eigenvalue weighted by Crippen LogP contribution is 2.33. The fraction of sp³-hybridized carbons (Fsp3) is 0.519. The van der Waals surface area contributed by atoms with Crippen molar-refractivity contribution in [3.63, 3.8) is 0 Å². The zero-order valence-corrected chi connectivity index (χ0v) is 23.7. The topological polar surface area (TPSA) is 99.8 Å². The number of halogens is 2. The molecule has 2 fully saturated rings. The van der Waals surface area contributed by atoms with Gasteiger partial charge in [-0.1, -0.05) is 15.9 Å². The van der Waals surface area contributed by atoms with Crippen LogP contribution >= 0.6 is 31.9 Å². The molecule has 0 spiro atoms. The lowest BCUT2D eigenvalue weighted by molar-refractivity contribution is -0.133. The van der Waals surface area contributed by atoms with Crippen molar-refractivity contribution < 1.29 is 14.7 Å². The molecule has 1 aromatic carbocycles. The first-order chi connectivity index (χ1) is 17.3. The Hall–Kier alpha value is -2.13. The number of rotatable bonds is 2. The van der Waals surface area contributed by atoms with Crippen molar-refractivity contribution in [3.8, 4) is 5.75 Å². The van der Waals surface area contributed by atoms with Crippen molar-refractivity contribution in [3.05, 3.63) is 55.7 Å². The first-order valence-electron chi connectivity index (χ1n) is 12.8. The molecule has 3 heterocycles. The molecule has 3 N–H and O–H groups in total. The fourth-order valence-corrected chi connectivity index (χ4v) is 6.31. The van der Waals surface area contributed by atoms with Crippen LogP contribution in [0.2, 0.25) is 0 Å². The summed E-state index contributed by atoms with van der Waals surface area (Å²) in [5.41, 5.74) is 10.1. The van der Waals surface area contributed by atoms with Gasteiger partial charge in [0, 0.05) is 59.9 Å². The van der Waals surface area contributed by atoms with Crippen LogP contribution in [0.3, 0.4) is 0 Å². The second-order valence-electron chi connectivity index (χ2n) is 9.92. The molecular weight excluding hydrogens is 588 g/mol. The van der Waals surface area contributed by atoms with E-state index in [1.54, 1.807) is 11.0 Å². The van der Waals surface area contributed by atoms with Crippen LogP contribution in [-0.2, 0) is 24.1 Å². The molecule has 2 aromatic rings. The van der Waals surface area contributed by atoms with Gasteiger partial charge in [-0.05, 0) is 102 Å². The van der Waals surface area contributed by atoms with Gasteiger partial charge in [-0.2, -0.15) is 0 Å². The van der Waals surface area contributed by atoms with Gasteiger partial charge in [0.1, 0.15) is 5.75 Å². The zero-order chi connectivity index (χ0) is 25.7. The van der Waals surface area contributed by atoms with Gasteiger partial charge in [0.2, 0.25) is 5.91 Å². The summed E-state index contributed by atoms with van der Waals surface area (Å²) in [7, 11) is 0. The molecule has 0 unspecified atom stereocenters. The molecule has 1 aliphatic carbocycles. The number of carbonyl (C=O) groups is 2. The number of aromatic nitrogens is 1. The van der Waals surface area contributed by atoms with Crippen molar-refractivity contribution in [1.82, 2.24) is 14.8 Å². The molecule has 5 rings (SSSR count). The van der Waals surface area contributed by atoms with Crippen LogP contribution in [0.1, 0.15) is 60.9 Å². The standard InChI is InChI=1S/C14H11Br2NO.C13H23N3O2/c15-10-3-9-2-1-8-4-11(18)5-13(16)12(8)6-14(9)17-7-10;14-13(18)16-8-4-11(5-9-16)10-12(17)15-6-2-1-3-7-15/h3-5,7,18H,1-2,6H2;11H,1-10H2,(H2,14,18). The van der Waals surface area contributed by atoms with Crippen molar-refractivity contribution >= 4 is 43.8 Å². The van der Waals surface area contributed by atoms with Crippen LogP contribution in [0, 0.1) is 5.92 Å². The quantitative estimate of drug-likeness (QED) is 0.483. The number of nitrogens with zero attached hydrogens (tertiary/aromatic N) is 3. The number of amides is 3. The van der Waals surface area contributed by atoms with Crippen LogP contribution in [0.25, 0.3) is 0 Å². The first kappa shape index (κ1) is 26.9. The van der Waals surface area contributed by atoms with E-state index in [2.05, 4.69) is 42.9 Å². The molecule has 0 radical (unpaired) electrons. The number of likely N-dealkylation sites (tertiary alicyclic amines) is 2. The Kier molecular flexibility index (Phi) is 9.28. The molecule has 0 bridgehead atoms. The number of fused-ring (bicyclic) bond motifs is 2. The Morgan fingerprint density at radius 3 is 2.36 bits per heavy atom. The number of hydrogen-bond acceptors (Lipinski definition) is 4. The number of phenols is 1. The summed E-state index contributed by atoms with van der Waals surface area (Å²) >= 11 is 7.00. The smallest absolute Gasteiger partial charge is 0.314 e. The van der Waals surface area contributed by atoms with Crippen LogP contribution in [0.15, 0.2) is 33.3 Å². The van der Waals surface area contributed by atoms with E-state index in [4.69, 9.17) is 5.73 Å². The number of piperidine rings is 2. The van der Waals surface area contributed by atoms with Gasteiger partial charge < -0.3 is 20.6 Å². The lowest BCUT2D eigenvalue weighted by Gasteiger charge is -2.32. The molecule has 3 aliphatic rings. The second kappa shape index (κ2) is 12.4. The third-order valence-corrected chi connectivity index (χ3v) is 8.55. The minimum absolute atomic E-state index is 0.298. The number of nitrogens with two attached hydrogens (primary N) is 1. The first-order valence-corrected chi connectivity index (χ1v) is 14.3. The van der Waals surface area contributed by atoms with Gasteiger partial charge in [-0.25, -0.2) is 4.79 Å². The van der Waals surface area contributed by atoms with Gasteiger partial charge in [-0.15, -0.1) is 0 Å². The summed E-state index contributed by atoms with van der Waals surface area (Å²) in [4.78, 5) is 31.3. The maximum absolute atomic E-state index is 12.1. The molecule has 9 heteroatoms. The summed E-state index contributed by atoms with van der Waals surface area (Å²) < 4.78 is 1.99. The van der Waals surface area contributed by atoms with E-state index in [0.29, 0.717) is 37.1 Å². The molecule has 1 aromatic heterocycles. The number of urea groups is 1. The molecule has 0 saturated carbocycles.